The molecule has 0 spiro atoms. The van der Waals surface area contributed by atoms with Gasteiger partial charge >= 0.3 is 0 Å². The highest BCUT2D eigenvalue weighted by atomic mass is 32.2. The molecule has 1 aromatic heterocycles. The smallest absolute Gasteiger partial charge is 0.265 e. The van der Waals surface area contributed by atoms with Crippen LogP contribution in [0.15, 0.2) is 60.0 Å². The lowest BCUT2D eigenvalue weighted by Gasteiger charge is -2.29. The maximum atomic E-state index is 13.4. The number of thiophene rings is 1. The molecule has 3 aromatic rings. The molecule has 1 aliphatic rings. The van der Waals surface area contributed by atoms with Gasteiger partial charge in [0.15, 0.2) is 11.5 Å². The molecule has 1 aliphatic heterocycles. The van der Waals surface area contributed by atoms with Gasteiger partial charge in [0.25, 0.3) is 5.91 Å². The summed E-state index contributed by atoms with van der Waals surface area (Å²) >= 11 is 2.83. The van der Waals surface area contributed by atoms with Crippen LogP contribution in [-0.4, -0.2) is 42.7 Å². The lowest BCUT2D eigenvalue weighted by molar-refractivity contribution is -0.119. The van der Waals surface area contributed by atoms with E-state index in [1.807, 2.05) is 17.5 Å². The Morgan fingerprint density at radius 1 is 1.06 bits per heavy atom. The van der Waals surface area contributed by atoms with Crippen molar-refractivity contribution in [3.05, 3.63) is 76.2 Å². The monoisotopic (exact) mass is 472 g/mol. The number of hydrogen-bond donors (Lipinski definition) is 1. The van der Waals surface area contributed by atoms with Crippen molar-refractivity contribution in [1.29, 1.82) is 0 Å². The Bertz CT molecular complexity index is 1110. The van der Waals surface area contributed by atoms with Gasteiger partial charge in [-0.25, -0.2) is 4.39 Å². The molecule has 32 heavy (non-hydrogen) atoms. The van der Waals surface area contributed by atoms with Crippen molar-refractivity contribution in [2.45, 2.75) is 11.4 Å². The van der Waals surface area contributed by atoms with E-state index in [0.717, 1.165) is 5.56 Å². The van der Waals surface area contributed by atoms with Gasteiger partial charge in [-0.05, 0) is 53.4 Å². The summed E-state index contributed by atoms with van der Waals surface area (Å²) in [5.41, 5.74) is 1.30. The van der Waals surface area contributed by atoms with Gasteiger partial charge < -0.3 is 19.7 Å². The van der Waals surface area contributed by atoms with Crippen LogP contribution < -0.4 is 14.8 Å². The van der Waals surface area contributed by atoms with E-state index in [1.54, 1.807) is 37.3 Å². The summed E-state index contributed by atoms with van der Waals surface area (Å²) in [5.74, 6) is 0.626. The second-order valence-electron chi connectivity index (χ2n) is 7.00. The Kier molecular flexibility index (Phi) is 6.66. The van der Waals surface area contributed by atoms with E-state index in [4.69, 9.17) is 9.47 Å². The average Bonchev–Trinajstić information content (AvgIpc) is 3.50. The van der Waals surface area contributed by atoms with Gasteiger partial charge in [0.05, 0.1) is 19.1 Å². The first-order valence-electron chi connectivity index (χ1n) is 9.78. The number of nitrogens with one attached hydrogen (secondary N) is 1. The van der Waals surface area contributed by atoms with Gasteiger partial charge in [-0.15, -0.1) is 23.1 Å². The molecule has 6 nitrogen and oxygen atoms in total. The van der Waals surface area contributed by atoms with E-state index < -0.39 is 6.04 Å². The first kappa shape index (κ1) is 22.2. The normalized spacial score (nSPS) is 17.8. The molecule has 1 fully saturated rings. The Labute approximate surface area is 193 Å². The molecule has 2 heterocycles. The first-order valence-corrected chi connectivity index (χ1v) is 11.7. The maximum absolute atomic E-state index is 13.4. The summed E-state index contributed by atoms with van der Waals surface area (Å²) in [6.45, 7) is 0. The van der Waals surface area contributed by atoms with Crippen LogP contribution in [0, 0.1) is 5.82 Å². The van der Waals surface area contributed by atoms with Crippen LogP contribution in [0.3, 0.4) is 0 Å². The molecule has 0 saturated carbocycles. The van der Waals surface area contributed by atoms with Gasteiger partial charge in [0, 0.05) is 11.4 Å². The van der Waals surface area contributed by atoms with Crippen molar-refractivity contribution in [3.8, 4) is 11.5 Å². The van der Waals surface area contributed by atoms with Crippen molar-refractivity contribution in [2.75, 3.05) is 25.3 Å². The summed E-state index contributed by atoms with van der Waals surface area (Å²) in [6.07, 6.45) is 0. The molecule has 0 radical (unpaired) electrons. The number of halogens is 1. The zero-order chi connectivity index (χ0) is 22.7. The number of rotatable bonds is 6. The van der Waals surface area contributed by atoms with Gasteiger partial charge in [0.2, 0.25) is 5.91 Å². The minimum absolute atomic E-state index is 0.218. The van der Waals surface area contributed by atoms with E-state index >= 15 is 0 Å². The Balaban J connectivity index is 1.66. The number of amides is 2. The highest BCUT2D eigenvalue weighted by molar-refractivity contribution is 7.99. The van der Waals surface area contributed by atoms with Crippen LogP contribution in [0.2, 0.25) is 0 Å². The molecule has 9 heteroatoms. The summed E-state index contributed by atoms with van der Waals surface area (Å²) in [5, 5.41) is 4.25. The second kappa shape index (κ2) is 9.62. The fraction of sp³-hybridized carbons (Fsp3) is 0.217. The Morgan fingerprint density at radius 2 is 1.81 bits per heavy atom. The third kappa shape index (κ3) is 4.44. The second-order valence-corrected chi connectivity index (χ2v) is 9.06. The number of nitrogens with zero attached hydrogens (tertiary/aromatic N) is 1. The summed E-state index contributed by atoms with van der Waals surface area (Å²) < 4.78 is 24.0. The van der Waals surface area contributed by atoms with Crippen molar-refractivity contribution < 1.29 is 23.5 Å². The molecule has 4 rings (SSSR count). The van der Waals surface area contributed by atoms with E-state index in [2.05, 4.69) is 5.32 Å². The molecule has 2 unspecified atom stereocenters. The number of ether oxygens (including phenoxy) is 2. The summed E-state index contributed by atoms with van der Waals surface area (Å²) in [4.78, 5) is 28.7. The van der Waals surface area contributed by atoms with Gasteiger partial charge in [-0.1, -0.05) is 12.1 Å². The fourth-order valence-corrected chi connectivity index (χ4v) is 5.59. The Morgan fingerprint density at radius 3 is 2.47 bits per heavy atom. The molecular formula is C23H21FN2O4S2. The number of methoxy groups -OCH3 is 2. The van der Waals surface area contributed by atoms with E-state index in [9.17, 15) is 14.0 Å². The average molecular weight is 473 g/mol. The minimum Gasteiger partial charge on any atom is -0.493 e. The largest absolute Gasteiger partial charge is 0.493 e. The van der Waals surface area contributed by atoms with Crippen molar-refractivity contribution in [1.82, 2.24) is 4.90 Å². The third-order valence-corrected chi connectivity index (χ3v) is 7.26. The lowest BCUT2D eigenvalue weighted by atomic mass is 10.1. The molecular weight excluding hydrogens is 451 g/mol. The molecule has 0 bridgehead atoms. The van der Waals surface area contributed by atoms with Gasteiger partial charge in [-0.3, -0.25) is 9.59 Å². The van der Waals surface area contributed by atoms with Crippen LogP contribution in [0.25, 0.3) is 0 Å². The molecule has 2 amide bonds. The van der Waals surface area contributed by atoms with Gasteiger partial charge in [0.1, 0.15) is 17.2 Å². The topological polar surface area (TPSA) is 67.9 Å². The number of carbonyl (C=O) groups is 2. The maximum Gasteiger partial charge on any atom is 0.265 e. The van der Waals surface area contributed by atoms with E-state index in [0.29, 0.717) is 27.8 Å². The third-order valence-electron chi connectivity index (χ3n) is 5.07. The van der Waals surface area contributed by atoms with Crippen LogP contribution in [0.1, 0.15) is 20.6 Å². The number of carbonyl (C=O) groups excluding carboxylic acids is 2. The SMILES string of the molecule is COc1ccc(C2SCC(C(=O)Nc3ccc(F)cc3)N2C(=O)c2cccs2)cc1OC. The molecule has 2 atom stereocenters. The Hall–Kier alpha value is -3.04. The molecule has 166 valence electrons. The number of benzene rings is 2. The highest BCUT2D eigenvalue weighted by Gasteiger charge is 2.43. The predicted molar refractivity (Wildman–Crippen MR) is 124 cm³/mol. The van der Waals surface area contributed by atoms with Crippen molar-refractivity contribution in [2.24, 2.45) is 0 Å². The standard InChI is InChI=1S/C23H21FN2O4S2/c1-29-18-10-5-14(12-19(18)30-2)23-26(22(28)20-4-3-11-31-20)17(13-32-23)21(27)25-16-8-6-15(24)7-9-16/h3-12,17,23H,13H2,1-2H3,(H,25,27). The van der Waals surface area contributed by atoms with E-state index in [-0.39, 0.29) is 23.0 Å². The van der Waals surface area contributed by atoms with Crippen LogP contribution in [0.4, 0.5) is 10.1 Å². The summed E-state index contributed by atoms with van der Waals surface area (Å²) in [6, 6.07) is 13.9. The van der Waals surface area contributed by atoms with E-state index in [1.165, 1.54) is 47.4 Å². The van der Waals surface area contributed by atoms with Crippen molar-refractivity contribution in [3.63, 3.8) is 0 Å². The van der Waals surface area contributed by atoms with Crippen LogP contribution in [-0.2, 0) is 4.79 Å². The predicted octanol–water partition coefficient (Wildman–Crippen LogP) is 4.80. The highest BCUT2D eigenvalue weighted by Crippen LogP contribution is 2.44. The fourth-order valence-electron chi connectivity index (χ4n) is 3.51. The van der Waals surface area contributed by atoms with Crippen molar-refractivity contribution >= 4 is 40.6 Å². The number of thioether (sulfide) groups is 1. The van der Waals surface area contributed by atoms with Crippen LogP contribution in [0.5, 0.6) is 11.5 Å². The lowest BCUT2D eigenvalue weighted by Crippen LogP contribution is -2.45. The zero-order valence-electron chi connectivity index (χ0n) is 17.4. The van der Waals surface area contributed by atoms with Gasteiger partial charge in [-0.2, -0.15) is 0 Å². The first-order chi connectivity index (χ1) is 15.5. The number of hydrogen-bond acceptors (Lipinski definition) is 6. The minimum atomic E-state index is -0.697. The molecule has 0 aliphatic carbocycles. The molecule has 1 saturated heterocycles. The number of anilines is 1. The quantitative estimate of drug-likeness (QED) is 0.558. The summed E-state index contributed by atoms with van der Waals surface area (Å²) in [7, 11) is 3.11. The van der Waals surface area contributed by atoms with Crippen LogP contribution >= 0.6 is 23.1 Å². The molecule has 1 N–H and O–H groups in total. The molecule has 2 aromatic carbocycles. The zero-order valence-corrected chi connectivity index (χ0v) is 19.0.